The van der Waals surface area contributed by atoms with Crippen LogP contribution < -0.4 is 5.32 Å². The Balaban J connectivity index is 2.06. The van der Waals surface area contributed by atoms with Gasteiger partial charge in [-0.2, -0.15) is 0 Å². The summed E-state index contributed by atoms with van der Waals surface area (Å²) in [5, 5.41) is 12.3. The van der Waals surface area contributed by atoms with Crippen LogP contribution in [0.3, 0.4) is 0 Å². The lowest BCUT2D eigenvalue weighted by molar-refractivity contribution is -0.147. The lowest BCUT2D eigenvalue weighted by atomic mass is 9.98. The number of urea groups is 1. The molecule has 2 amide bonds. The molecule has 1 saturated carbocycles. The number of amides is 2. The molecule has 102 valence electrons. The number of nitrogens with zero attached hydrogens (tertiary/aromatic N) is 1. The Kier molecular flexibility index (Phi) is 3.03. The number of carbonyl (C=O) groups is 2. The maximum absolute atomic E-state index is 12.3. The number of aliphatic carboxylic acids is 1. The van der Waals surface area contributed by atoms with Gasteiger partial charge in [0.15, 0.2) is 0 Å². The molecule has 18 heavy (non-hydrogen) atoms. The monoisotopic (exact) mass is 254 g/mol. The molecule has 0 aromatic carbocycles. The Labute approximate surface area is 108 Å². The normalized spacial score (nSPS) is 28.3. The van der Waals surface area contributed by atoms with Gasteiger partial charge in [0.25, 0.3) is 0 Å². The Morgan fingerprint density at radius 1 is 1.39 bits per heavy atom. The van der Waals surface area contributed by atoms with Gasteiger partial charge in [0.1, 0.15) is 5.54 Å². The first-order chi connectivity index (χ1) is 8.27. The van der Waals surface area contributed by atoms with Gasteiger partial charge in [0.2, 0.25) is 0 Å². The fraction of sp³-hybridized carbons (Fsp3) is 0.846. The van der Waals surface area contributed by atoms with Crippen LogP contribution in [-0.4, -0.2) is 39.6 Å². The van der Waals surface area contributed by atoms with Crippen molar-refractivity contribution in [2.45, 2.75) is 57.5 Å². The highest BCUT2D eigenvalue weighted by Gasteiger charge is 2.48. The van der Waals surface area contributed by atoms with Gasteiger partial charge in [-0.1, -0.05) is 0 Å². The van der Waals surface area contributed by atoms with Gasteiger partial charge < -0.3 is 15.3 Å². The standard InChI is InChI=1S/C13H22N2O3/c1-12(2,9-5-6-9)14-11(18)15-8-4-7-13(15,3)10(16)17/h9H,4-8H2,1-3H3,(H,14,18)(H,16,17). The van der Waals surface area contributed by atoms with Crippen molar-refractivity contribution in [1.29, 1.82) is 0 Å². The first-order valence-electron chi connectivity index (χ1n) is 6.60. The summed E-state index contributed by atoms with van der Waals surface area (Å²) in [5.41, 5.74) is -1.29. The van der Waals surface area contributed by atoms with E-state index in [2.05, 4.69) is 5.32 Å². The van der Waals surface area contributed by atoms with Crippen molar-refractivity contribution in [2.24, 2.45) is 5.92 Å². The molecule has 0 spiro atoms. The summed E-state index contributed by atoms with van der Waals surface area (Å²) in [7, 11) is 0. The molecular formula is C13H22N2O3. The maximum Gasteiger partial charge on any atom is 0.329 e. The van der Waals surface area contributed by atoms with Crippen molar-refractivity contribution in [3.8, 4) is 0 Å². The summed E-state index contributed by atoms with van der Waals surface area (Å²) >= 11 is 0. The highest BCUT2D eigenvalue weighted by molar-refractivity contribution is 5.87. The summed E-state index contributed by atoms with van der Waals surface area (Å²) in [5.74, 6) is -0.389. The van der Waals surface area contributed by atoms with E-state index < -0.39 is 11.5 Å². The van der Waals surface area contributed by atoms with Crippen LogP contribution in [0.4, 0.5) is 4.79 Å². The molecule has 2 aliphatic rings. The third-order valence-corrected chi connectivity index (χ3v) is 4.37. The number of hydrogen-bond donors (Lipinski definition) is 2. The van der Waals surface area contributed by atoms with Gasteiger partial charge in [0.05, 0.1) is 0 Å². The SMILES string of the molecule is CC(C)(NC(=O)N1CCCC1(C)C(=O)O)C1CC1. The third kappa shape index (κ3) is 2.18. The van der Waals surface area contributed by atoms with E-state index in [1.165, 1.54) is 4.90 Å². The predicted octanol–water partition coefficient (Wildman–Crippen LogP) is 1.82. The summed E-state index contributed by atoms with van der Waals surface area (Å²) in [6.45, 7) is 6.18. The molecule has 5 nitrogen and oxygen atoms in total. The Bertz CT molecular complexity index is 376. The summed E-state index contributed by atoms with van der Waals surface area (Å²) in [4.78, 5) is 25.1. The van der Waals surface area contributed by atoms with Crippen molar-refractivity contribution < 1.29 is 14.7 Å². The first kappa shape index (κ1) is 13.2. The fourth-order valence-electron chi connectivity index (χ4n) is 2.76. The van der Waals surface area contributed by atoms with Crippen LogP contribution in [0, 0.1) is 5.92 Å². The van der Waals surface area contributed by atoms with Gasteiger partial charge in [0, 0.05) is 12.1 Å². The molecule has 0 radical (unpaired) electrons. The number of carboxylic acids is 1. The molecule has 2 rings (SSSR count). The topological polar surface area (TPSA) is 69.6 Å². The van der Waals surface area contributed by atoms with E-state index in [4.69, 9.17) is 0 Å². The average molecular weight is 254 g/mol. The summed E-state index contributed by atoms with van der Waals surface area (Å²) < 4.78 is 0. The van der Waals surface area contributed by atoms with Crippen molar-refractivity contribution in [3.05, 3.63) is 0 Å². The largest absolute Gasteiger partial charge is 0.480 e. The van der Waals surface area contributed by atoms with Crippen molar-refractivity contribution in [1.82, 2.24) is 10.2 Å². The highest BCUT2D eigenvalue weighted by Crippen LogP contribution is 2.39. The number of carbonyl (C=O) groups excluding carboxylic acids is 1. The highest BCUT2D eigenvalue weighted by atomic mass is 16.4. The minimum Gasteiger partial charge on any atom is -0.480 e. The lowest BCUT2D eigenvalue weighted by Gasteiger charge is -2.35. The zero-order valence-corrected chi connectivity index (χ0v) is 11.3. The van der Waals surface area contributed by atoms with Crippen molar-refractivity contribution >= 4 is 12.0 Å². The summed E-state index contributed by atoms with van der Waals surface area (Å²) in [6.07, 6.45) is 3.56. The number of nitrogens with one attached hydrogen (secondary N) is 1. The zero-order chi connectivity index (χ0) is 13.6. The smallest absolute Gasteiger partial charge is 0.329 e. The molecule has 2 fully saturated rings. The van der Waals surface area contributed by atoms with E-state index in [1.54, 1.807) is 6.92 Å². The van der Waals surface area contributed by atoms with E-state index in [-0.39, 0.29) is 11.6 Å². The minimum atomic E-state index is -1.05. The number of carboxylic acid groups (broad SMARTS) is 1. The predicted molar refractivity (Wildman–Crippen MR) is 67.3 cm³/mol. The van der Waals surface area contributed by atoms with Crippen LogP contribution in [0.1, 0.15) is 46.5 Å². The molecule has 1 unspecified atom stereocenters. The minimum absolute atomic E-state index is 0.237. The van der Waals surface area contributed by atoms with Crippen molar-refractivity contribution in [2.75, 3.05) is 6.54 Å². The van der Waals surface area contributed by atoms with Gasteiger partial charge in [-0.05, 0) is 52.4 Å². The molecule has 1 saturated heterocycles. The van der Waals surface area contributed by atoms with Gasteiger partial charge in [-0.3, -0.25) is 0 Å². The maximum atomic E-state index is 12.3. The second-order valence-electron chi connectivity index (χ2n) is 6.26. The Morgan fingerprint density at radius 2 is 2.00 bits per heavy atom. The lowest BCUT2D eigenvalue weighted by Crippen LogP contribution is -2.58. The Morgan fingerprint density at radius 3 is 2.50 bits per heavy atom. The van der Waals surface area contributed by atoms with Gasteiger partial charge in [-0.25, -0.2) is 9.59 Å². The summed E-state index contributed by atoms with van der Waals surface area (Å²) in [6, 6.07) is -0.241. The molecule has 1 aliphatic heterocycles. The van der Waals surface area contributed by atoms with E-state index in [9.17, 15) is 14.7 Å². The molecule has 5 heteroatoms. The fourth-order valence-corrected chi connectivity index (χ4v) is 2.76. The van der Waals surface area contributed by atoms with Crippen LogP contribution >= 0.6 is 0 Å². The molecule has 0 aromatic heterocycles. The quantitative estimate of drug-likeness (QED) is 0.807. The van der Waals surface area contributed by atoms with Gasteiger partial charge in [-0.15, -0.1) is 0 Å². The molecule has 0 bridgehead atoms. The van der Waals surface area contributed by atoms with E-state index in [1.807, 2.05) is 13.8 Å². The molecule has 1 heterocycles. The Hall–Kier alpha value is -1.26. The van der Waals surface area contributed by atoms with Gasteiger partial charge >= 0.3 is 12.0 Å². The van der Waals surface area contributed by atoms with E-state index in [0.29, 0.717) is 18.9 Å². The molecule has 1 aliphatic carbocycles. The van der Waals surface area contributed by atoms with Crippen LogP contribution in [0.25, 0.3) is 0 Å². The molecule has 2 N–H and O–H groups in total. The second kappa shape index (κ2) is 4.14. The number of hydrogen-bond acceptors (Lipinski definition) is 2. The molecule has 1 atom stereocenters. The average Bonchev–Trinajstić information content (AvgIpc) is 3.02. The number of likely N-dealkylation sites (tertiary alicyclic amines) is 1. The van der Waals surface area contributed by atoms with E-state index >= 15 is 0 Å². The van der Waals surface area contributed by atoms with Crippen LogP contribution in [0.2, 0.25) is 0 Å². The second-order valence-corrected chi connectivity index (χ2v) is 6.26. The third-order valence-electron chi connectivity index (χ3n) is 4.37. The van der Waals surface area contributed by atoms with Crippen LogP contribution in [0.15, 0.2) is 0 Å². The molecular weight excluding hydrogens is 232 g/mol. The number of rotatable bonds is 3. The zero-order valence-electron chi connectivity index (χ0n) is 11.3. The van der Waals surface area contributed by atoms with Crippen molar-refractivity contribution in [3.63, 3.8) is 0 Å². The van der Waals surface area contributed by atoms with Crippen LogP contribution in [-0.2, 0) is 4.79 Å². The molecule has 0 aromatic rings. The van der Waals surface area contributed by atoms with Crippen LogP contribution in [0.5, 0.6) is 0 Å². The first-order valence-corrected chi connectivity index (χ1v) is 6.60. The van der Waals surface area contributed by atoms with E-state index in [0.717, 1.165) is 19.3 Å².